The Kier molecular flexibility index (Phi) is 4.33. The zero-order valence-electron chi connectivity index (χ0n) is 13.5. The van der Waals surface area contributed by atoms with Crippen LogP contribution in [0.2, 0.25) is 0 Å². The number of hydrogen-bond acceptors (Lipinski definition) is 2. The number of hydrogen-bond donors (Lipinski definition) is 2. The molecule has 1 aromatic carbocycles. The fourth-order valence-electron chi connectivity index (χ4n) is 3.23. The van der Waals surface area contributed by atoms with Crippen molar-refractivity contribution in [2.24, 2.45) is 0 Å². The number of nitrogens with one attached hydrogen (secondary N) is 1. The third-order valence-electron chi connectivity index (χ3n) is 4.48. The third kappa shape index (κ3) is 2.91. The van der Waals surface area contributed by atoms with Gasteiger partial charge in [0.15, 0.2) is 0 Å². The van der Waals surface area contributed by atoms with Crippen LogP contribution in [0.15, 0.2) is 23.0 Å². The fraction of sp³-hybridized carbons (Fsp3) is 0.353. The molecule has 0 spiro atoms. The van der Waals surface area contributed by atoms with Crippen LogP contribution in [-0.2, 0) is 12.7 Å². The molecule has 0 saturated heterocycles. The Bertz CT molecular complexity index is 1020. The number of benzene rings is 1. The Hall–Kier alpha value is -1.99. The maximum Gasteiger partial charge on any atom is 0.417 e. The molecule has 0 bridgehead atoms. The minimum absolute atomic E-state index is 0.0207. The number of rotatable bonds is 3. The predicted molar refractivity (Wildman–Crippen MR) is 91.3 cm³/mol. The number of aromatic amines is 1. The Labute approximate surface area is 145 Å². The summed E-state index contributed by atoms with van der Waals surface area (Å²) in [6, 6.07) is 3.69. The Balaban J connectivity index is 2.47. The standard InChI is InChI=1S/C17H16ClF3N2O2/c1-8-9(2)23(7-10(24)6-18)13-4-3-12-16(15(8)13)11(17(19,20)21)5-14(25)22-12/h3-5,10,24H,6-7H2,1-2H3,(H,22,25). The second-order valence-electron chi connectivity index (χ2n) is 6.06. The van der Waals surface area contributed by atoms with Crippen molar-refractivity contribution < 1.29 is 18.3 Å². The highest BCUT2D eigenvalue weighted by Crippen LogP contribution is 2.39. The number of pyridine rings is 1. The van der Waals surface area contributed by atoms with Gasteiger partial charge >= 0.3 is 6.18 Å². The third-order valence-corrected chi connectivity index (χ3v) is 4.83. The predicted octanol–water partition coefficient (Wildman–Crippen LogP) is 3.72. The van der Waals surface area contributed by atoms with Gasteiger partial charge in [0.25, 0.3) is 0 Å². The molecule has 0 fully saturated rings. The molecule has 3 rings (SSSR count). The molecule has 0 radical (unpaired) electrons. The van der Waals surface area contributed by atoms with Gasteiger partial charge in [0, 0.05) is 33.6 Å². The highest BCUT2D eigenvalue weighted by molar-refractivity contribution is 6.18. The highest BCUT2D eigenvalue weighted by atomic mass is 35.5. The second-order valence-corrected chi connectivity index (χ2v) is 6.37. The number of aryl methyl sites for hydroxylation is 1. The van der Waals surface area contributed by atoms with E-state index >= 15 is 0 Å². The quantitative estimate of drug-likeness (QED) is 0.688. The number of alkyl halides is 4. The number of aliphatic hydroxyl groups is 1. The van der Waals surface area contributed by atoms with Crippen LogP contribution in [0, 0.1) is 13.8 Å². The molecule has 1 atom stereocenters. The van der Waals surface area contributed by atoms with E-state index in [0.717, 1.165) is 5.69 Å². The molecule has 0 aliphatic carbocycles. The van der Waals surface area contributed by atoms with Crippen molar-refractivity contribution in [3.63, 3.8) is 0 Å². The van der Waals surface area contributed by atoms with E-state index in [9.17, 15) is 23.1 Å². The maximum absolute atomic E-state index is 13.5. The molecule has 3 aromatic rings. The number of fused-ring (bicyclic) bond motifs is 3. The Morgan fingerprint density at radius 1 is 1.28 bits per heavy atom. The lowest BCUT2D eigenvalue weighted by Gasteiger charge is -2.13. The minimum Gasteiger partial charge on any atom is -0.390 e. The van der Waals surface area contributed by atoms with Crippen LogP contribution in [0.5, 0.6) is 0 Å². The molecule has 2 N–H and O–H groups in total. The lowest BCUT2D eigenvalue weighted by atomic mass is 10.0. The van der Waals surface area contributed by atoms with Gasteiger partial charge in [0.1, 0.15) is 0 Å². The number of halogens is 4. The fourth-order valence-corrected chi connectivity index (χ4v) is 3.33. The van der Waals surface area contributed by atoms with E-state index in [-0.39, 0.29) is 23.3 Å². The molecule has 0 aliphatic rings. The van der Waals surface area contributed by atoms with Gasteiger partial charge in [-0.1, -0.05) is 0 Å². The largest absolute Gasteiger partial charge is 0.417 e. The maximum atomic E-state index is 13.5. The molecule has 2 aromatic heterocycles. The van der Waals surface area contributed by atoms with Crippen molar-refractivity contribution >= 4 is 33.4 Å². The lowest BCUT2D eigenvalue weighted by molar-refractivity contribution is -0.136. The van der Waals surface area contributed by atoms with Gasteiger partial charge in [-0.25, -0.2) is 0 Å². The first-order chi connectivity index (χ1) is 11.6. The van der Waals surface area contributed by atoms with Crippen molar-refractivity contribution in [3.8, 4) is 0 Å². The van der Waals surface area contributed by atoms with Crippen molar-refractivity contribution in [2.45, 2.75) is 32.7 Å². The normalized spacial score (nSPS) is 13.7. The van der Waals surface area contributed by atoms with Gasteiger partial charge in [-0.05, 0) is 31.5 Å². The van der Waals surface area contributed by atoms with E-state index in [1.807, 2.05) is 0 Å². The summed E-state index contributed by atoms with van der Waals surface area (Å²) in [7, 11) is 0. The van der Waals surface area contributed by atoms with Crippen molar-refractivity contribution in [1.82, 2.24) is 9.55 Å². The molecule has 0 saturated carbocycles. The SMILES string of the molecule is Cc1c(C)n(CC(O)CCl)c2ccc3[nH]c(=O)cc(C(F)(F)F)c3c12. The van der Waals surface area contributed by atoms with Gasteiger partial charge < -0.3 is 14.7 Å². The average Bonchev–Trinajstić information content (AvgIpc) is 2.77. The van der Waals surface area contributed by atoms with Crippen LogP contribution < -0.4 is 5.56 Å². The Morgan fingerprint density at radius 2 is 1.96 bits per heavy atom. The smallest absolute Gasteiger partial charge is 0.390 e. The zero-order chi connectivity index (χ0) is 18.5. The molecule has 2 heterocycles. The number of H-pyrrole nitrogens is 1. The van der Waals surface area contributed by atoms with E-state index in [4.69, 9.17) is 11.6 Å². The number of nitrogens with zero attached hydrogens (tertiary/aromatic N) is 1. The van der Waals surface area contributed by atoms with Crippen molar-refractivity contribution in [1.29, 1.82) is 0 Å². The average molecular weight is 373 g/mol. The lowest BCUT2D eigenvalue weighted by Crippen LogP contribution is -2.18. The van der Waals surface area contributed by atoms with Gasteiger partial charge in [-0.2, -0.15) is 13.2 Å². The first-order valence-electron chi connectivity index (χ1n) is 7.61. The molecule has 134 valence electrons. The first kappa shape index (κ1) is 17.8. The van der Waals surface area contributed by atoms with Gasteiger partial charge in [-0.3, -0.25) is 4.79 Å². The summed E-state index contributed by atoms with van der Waals surface area (Å²) in [4.78, 5) is 14.1. The zero-order valence-corrected chi connectivity index (χ0v) is 14.3. The van der Waals surface area contributed by atoms with E-state index in [2.05, 4.69) is 4.98 Å². The summed E-state index contributed by atoms with van der Waals surface area (Å²) in [6.07, 6.45) is -5.47. The molecule has 25 heavy (non-hydrogen) atoms. The van der Waals surface area contributed by atoms with E-state index in [1.54, 1.807) is 24.5 Å². The van der Waals surface area contributed by atoms with Crippen LogP contribution in [0.1, 0.15) is 16.8 Å². The summed E-state index contributed by atoms with van der Waals surface area (Å²) < 4.78 is 42.3. The number of aromatic nitrogens is 2. The van der Waals surface area contributed by atoms with E-state index in [0.29, 0.717) is 22.5 Å². The first-order valence-corrected chi connectivity index (χ1v) is 8.15. The van der Waals surface area contributed by atoms with Crippen molar-refractivity contribution in [2.75, 3.05) is 5.88 Å². The monoisotopic (exact) mass is 372 g/mol. The highest BCUT2D eigenvalue weighted by Gasteiger charge is 2.34. The summed E-state index contributed by atoms with van der Waals surface area (Å²) >= 11 is 5.66. The van der Waals surface area contributed by atoms with E-state index in [1.165, 1.54) is 6.07 Å². The molecule has 4 nitrogen and oxygen atoms in total. The summed E-state index contributed by atoms with van der Waals surface area (Å²) in [5.41, 5.74) is 0.334. The number of aliphatic hydroxyl groups excluding tert-OH is 1. The summed E-state index contributed by atoms with van der Waals surface area (Å²) in [5, 5.41) is 10.2. The molecular weight excluding hydrogens is 357 g/mol. The molecule has 1 unspecified atom stereocenters. The van der Waals surface area contributed by atoms with Crippen LogP contribution in [-0.4, -0.2) is 26.6 Å². The van der Waals surface area contributed by atoms with Gasteiger partial charge in [-0.15, -0.1) is 11.6 Å². The topological polar surface area (TPSA) is 58.0 Å². The van der Waals surface area contributed by atoms with Crippen LogP contribution in [0.25, 0.3) is 21.8 Å². The van der Waals surface area contributed by atoms with E-state index < -0.39 is 23.4 Å². The summed E-state index contributed by atoms with van der Waals surface area (Å²) in [5.74, 6) is 0.0207. The van der Waals surface area contributed by atoms with Crippen LogP contribution in [0.3, 0.4) is 0 Å². The van der Waals surface area contributed by atoms with Crippen LogP contribution in [0.4, 0.5) is 13.2 Å². The van der Waals surface area contributed by atoms with Crippen LogP contribution >= 0.6 is 11.6 Å². The van der Waals surface area contributed by atoms with Crippen molar-refractivity contribution in [3.05, 3.63) is 45.4 Å². The molecule has 8 heteroatoms. The van der Waals surface area contributed by atoms with Gasteiger partial charge in [0.05, 0.1) is 24.1 Å². The second kappa shape index (κ2) is 6.07. The minimum atomic E-state index is -4.65. The Morgan fingerprint density at radius 3 is 2.56 bits per heavy atom. The molecule has 0 aliphatic heterocycles. The molecule has 0 amide bonds. The molecular formula is C17H16ClF3N2O2. The van der Waals surface area contributed by atoms with Gasteiger partial charge in [0.2, 0.25) is 5.56 Å². The summed E-state index contributed by atoms with van der Waals surface area (Å²) in [6.45, 7) is 3.68.